The maximum atomic E-state index is 9.62. The molecule has 6 heteroatoms. The monoisotopic (exact) mass is 248 g/mol. The Morgan fingerprint density at radius 3 is 2.47 bits per heavy atom. The molecule has 1 fully saturated rings. The fourth-order valence-electron chi connectivity index (χ4n) is 1.63. The summed E-state index contributed by atoms with van der Waals surface area (Å²) >= 11 is 0. The van der Waals surface area contributed by atoms with E-state index < -0.39 is 37.3 Å². The van der Waals surface area contributed by atoms with Crippen LogP contribution in [0.1, 0.15) is 12.8 Å². The van der Waals surface area contributed by atoms with Gasteiger partial charge in [-0.15, -0.1) is 6.58 Å². The van der Waals surface area contributed by atoms with Crippen molar-refractivity contribution in [3.05, 3.63) is 12.7 Å². The van der Waals surface area contributed by atoms with Gasteiger partial charge in [0.1, 0.15) is 24.4 Å². The topological polar surface area (TPSA) is 99.4 Å². The summed E-state index contributed by atoms with van der Waals surface area (Å²) in [7, 11) is 0. The average molecular weight is 248 g/mol. The number of aliphatic hydroxyl groups is 4. The van der Waals surface area contributed by atoms with E-state index in [2.05, 4.69) is 6.58 Å². The number of unbranched alkanes of at least 4 members (excludes halogenated alkanes) is 1. The van der Waals surface area contributed by atoms with Crippen LogP contribution in [0.2, 0.25) is 0 Å². The molecule has 1 aliphatic heterocycles. The Labute approximate surface area is 100 Å². The molecule has 0 saturated carbocycles. The van der Waals surface area contributed by atoms with Crippen LogP contribution in [-0.4, -0.2) is 64.3 Å². The minimum Gasteiger partial charge on any atom is -0.394 e. The van der Waals surface area contributed by atoms with Crippen LogP contribution < -0.4 is 0 Å². The minimum absolute atomic E-state index is 0.342. The molecule has 0 unspecified atom stereocenters. The number of rotatable bonds is 6. The van der Waals surface area contributed by atoms with Crippen LogP contribution in [0.4, 0.5) is 0 Å². The van der Waals surface area contributed by atoms with Gasteiger partial charge in [-0.25, -0.2) is 0 Å². The predicted molar refractivity (Wildman–Crippen MR) is 59.2 cm³/mol. The van der Waals surface area contributed by atoms with Crippen molar-refractivity contribution < 1.29 is 29.9 Å². The number of hydrogen-bond acceptors (Lipinski definition) is 6. The standard InChI is InChI=1S/C11H20O6/c1-2-3-4-5-16-11-10(15)9(14)8(13)7(6-12)17-11/h2,7-15H,1,3-6H2/t7-,8+,9+,10-,11-/m1/s1. The highest BCUT2D eigenvalue weighted by molar-refractivity contribution is 4.88. The smallest absolute Gasteiger partial charge is 0.186 e. The number of hydrogen-bond donors (Lipinski definition) is 4. The average Bonchev–Trinajstić information content (AvgIpc) is 2.34. The molecule has 0 aromatic heterocycles. The van der Waals surface area contributed by atoms with Crippen LogP contribution >= 0.6 is 0 Å². The second-order valence-corrected chi connectivity index (χ2v) is 4.00. The molecular weight excluding hydrogens is 228 g/mol. The molecule has 0 spiro atoms. The van der Waals surface area contributed by atoms with Gasteiger partial charge in [-0.3, -0.25) is 0 Å². The van der Waals surface area contributed by atoms with Crippen LogP contribution in [-0.2, 0) is 9.47 Å². The van der Waals surface area contributed by atoms with E-state index in [0.29, 0.717) is 6.61 Å². The predicted octanol–water partition coefficient (Wildman–Crippen LogP) is -1.23. The Hall–Kier alpha value is -0.500. The van der Waals surface area contributed by atoms with E-state index in [4.69, 9.17) is 14.6 Å². The third-order valence-corrected chi connectivity index (χ3v) is 2.68. The lowest BCUT2D eigenvalue weighted by Gasteiger charge is -2.39. The third-order valence-electron chi connectivity index (χ3n) is 2.68. The summed E-state index contributed by atoms with van der Waals surface area (Å²) in [4.78, 5) is 0. The van der Waals surface area contributed by atoms with Crippen LogP contribution in [0.15, 0.2) is 12.7 Å². The lowest BCUT2D eigenvalue weighted by atomic mass is 9.99. The Morgan fingerprint density at radius 1 is 1.18 bits per heavy atom. The first-order valence-electron chi connectivity index (χ1n) is 5.64. The second kappa shape index (κ2) is 7.05. The summed E-state index contributed by atoms with van der Waals surface area (Å²) in [6.45, 7) is 3.46. The molecule has 0 radical (unpaired) electrons. The van der Waals surface area contributed by atoms with E-state index >= 15 is 0 Å². The fourth-order valence-corrected chi connectivity index (χ4v) is 1.63. The first-order chi connectivity index (χ1) is 8.11. The van der Waals surface area contributed by atoms with Gasteiger partial charge in [0.25, 0.3) is 0 Å². The molecule has 1 heterocycles. The van der Waals surface area contributed by atoms with Crippen LogP contribution in [0.5, 0.6) is 0 Å². The van der Waals surface area contributed by atoms with Crippen molar-refractivity contribution in [1.82, 2.24) is 0 Å². The zero-order chi connectivity index (χ0) is 12.8. The largest absolute Gasteiger partial charge is 0.394 e. The van der Waals surface area contributed by atoms with Crippen molar-refractivity contribution in [2.75, 3.05) is 13.2 Å². The van der Waals surface area contributed by atoms with E-state index in [0.717, 1.165) is 12.8 Å². The van der Waals surface area contributed by atoms with Gasteiger partial charge >= 0.3 is 0 Å². The van der Waals surface area contributed by atoms with Gasteiger partial charge < -0.3 is 29.9 Å². The molecule has 6 nitrogen and oxygen atoms in total. The van der Waals surface area contributed by atoms with Gasteiger partial charge in [-0.05, 0) is 12.8 Å². The van der Waals surface area contributed by atoms with Gasteiger partial charge in [0.05, 0.1) is 13.2 Å². The SMILES string of the molecule is C=CCCCO[C@@H]1O[C@H](CO)[C@H](O)[C@H](O)[C@H]1O. The summed E-state index contributed by atoms with van der Waals surface area (Å²) in [6.07, 6.45) is -2.76. The highest BCUT2D eigenvalue weighted by atomic mass is 16.7. The molecule has 1 rings (SSSR count). The molecule has 5 atom stereocenters. The molecule has 0 aromatic rings. The van der Waals surface area contributed by atoms with Crippen LogP contribution in [0.3, 0.4) is 0 Å². The molecule has 1 aliphatic rings. The van der Waals surface area contributed by atoms with Gasteiger partial charge in [-0.1, -0.05) is 6.08 Å². The number of allylic oxidation sites excluding steroid dienone is 1. The lowest BCUT2D eigenvalue weighted by molar-refractivity contribution is -0.301. The van der Waals surface area contributed by atoms with Crippen LogP contribution in [0, 0.1) is 0 Å². The Bertz CT molecular complexity index is 232. The molecule has 1 saturated heterocycles. The molecule has 0 aromatic carbocycles. The minimum atomic E-state index is -1.38. The maximum Gasteiger partial charge on any atom is 0.186 e. The molecule has 0 aliphatic carbocycles. The third kappa shape index (κ3) is 3.74. The Morgan fingerprint density at radius 2 is 1.88 bits per heavy atom. The molecular formula is C11H20O6. The van der Waals surface area contributed by atoms with Crippen molar-refractivity contribution in [3.63, 3.8) is 0 Å². The quantitative estimate of drug-likeness (QED) is 0.347. The zero-order valence-electron chi connectivity index (χ0n) is 9.60. The van der Waals surface area contributed by atoms with Crippen molar-refractivity contribution in [3.8, 4) is 0 Å². The van der Waals surface area contributed by atoms with Crippen LogP contribution in [0.25, 0.3) is 0 Å². The lowest BCUT2D eigenvalue weighted by Crippen LogP contribution is -2.59. The maximum absolute atomic E-state index is 9.62. The van der Waals surface area contributed by atoms with Gasteiger partial charge in [-0.2, -0.15) is 0 Å². The molecule has 0 bridgehead atoms. The summed E-state index contributed by atoms with van der Waals surface area (Å²) in [6, 6.07) is 0. The van der Waals surface area contributed by atoms with Gasteiger partial charge in [0.2, 0.25) is 0 Å². The highest BCUT2D eigenvalue weighted by Gasteiger charge is 2.43. The zero-order valence-corrected chi connectivity index (χ0v) is 9.60. The molecule has 0 amide bonds. The van der Waals surface area contributed by atoms with E-state index in [-0.39, 0.29) is 0 Å². The summed E-state index contributed by atoms with van der Waals surface area (Å²) in [5, 5.41) is 37.6. The van der Waals surface area contributed by atoms with E-state index in [1.165, 1.54) is 0 Å². The second-order valence-electron chi connectivity index (χ2n) is 4.00. The van der Waals surface area contributed by atoms with Crippen molar-refractivity contribution in [1.29, 1.82) is 0 Å². The Balaban J connectivity index is 2.44. The number of ether oxygens (including phenoxy) is 2. The van der Waals surface area contributed by atoms with Gasteiger partial charge in [0.15, 0.2) is 6.29 Å². The Kier molecular flexibility index (Phi) is 6.04. The molecule has 4 N–H and O–H groups in total. The van der Waals surface area contributed by atoms with Gasteiger partial charge in [0, 0.05) is 0 Å². The van der Waals surface area contributed by atoms with E-state index in [1.54, 1.807) is 6.08 Å². The van der Waals surface area contributed by atoms with Crippen molar-refractivity contribution in [2.24, 2.45) is 0 Å². The van der Waals surface area contributed by atoms with E-state index in [1.807, 2.05) is 0 Å². The molecule has 100 valence electrons. The summed E-state index contributed by atoms with van der Waals surface area (Å²) < 4.78 is 10.4. The van der Waals surface area contributed by atoms with Crippen molar-refractivity contribution in [2.45, 2.75) is 43.5 Å². The fraction of sp³-hybridized carbons (Fsp3) is 0.818. The highest BCUT2D eigenvalue weighted by Crippen LogP contribution is 2.21. The normalized spacial score (nSPS) is 38.0. The first kappa shape index (κ1) is 14.6. The summed E-state index contributed by atoms with van der Waals surface area (Å²) in [5.41, 5.74) is 0. The number of aliphatic hydroxyl groups excluding tert-OH is 4. The van der Waals surface area contributed by atoms with Crippen molar-refractivity contribution >= 4 is 0 Å². The van der Waals surface area contributed by atoms with E-state index in [9.17, 15) is 15.3 Å². The first-order valence-corrected chi connectivity index (χ1v) is 5.64. The summed E-state index contributed by atoms with van der Waals surface area (Å²) in [5.74, 6) is 0. The molecule has 17 heavy (non-hydrogen) atoms.